The smallest absolute Gasteiger partial charge is 0.280 e. The average Bonchev–Trinajstić information content (AvgIpc) is 2.48. The Morgan fingerprint density at radius 1 is 1.19 bits per heavy atom. The molecule has 0 spiro atoms. The summed E-state index contributed by atoms with van der Waals surface area (Å²) < 4.78 is 48.0. The van der Waals surface area contributed by atoms with Crippen molar-refractivity contribution in [1.82, 2.24) is 0 Å². The normalized spacial score (nSPS) is 34.9. The van der Waals surface area contributed by atoms with E-state index in [0.29, 0.717) is 0 Å². The molecule has 12 nitrogen and oxygen atoms in total. The Hall–Kier alpha value is 0.330. The molecule has 1 heterocycles. The molecule has 1 aliphatic heterocycles. The molecule has 0 bridgehead atoms. The summed E-state index contributed by atoms with van der Waals surface area (Å²) in [7, 11) is -17.2. The summed E-state index contributed by atoms with van der Waals surface area (Å²) in [5.41, 5.74) is 0. The van der Waals surface area contributed by atoms with Gasteiger partial charge in [0.2, 0.25) is 0 Å². The SMILES string of the molecule is C[C@H]1C[C@@H](O)[C@@H](COP(=O)([O-])OP(=O)([O-])OP(=O)([O-])O)O1. The molecule has 1 aliphatic rings. The van der Waals surface area contributed by atoms with Gasteiger partial charge in [-0.25, -0.2) is 8.62 Å². The van der Waals surface area contributed by atoms with Gasteiger partial charge in [0.25, 0.3) is 23.5 Å². The summed E-state index contributed by atoms with van der Waals surface area (Å²) in [6, 6.07) is 0. The van der Waals surface area contributed by atoms with Crippen molar-refractivity contribution in [2.24, 2.45) is 0 Å². The Morgan fingerprint density at radius 3 is 2.19 bits per heavy atom. The minimum atomic E-state index is -5.90. The van der Waals surface area contributed by atoms with Crippen molar-refractivity contribution in [1.29, 1.82) is 0 Å². The third kappa shape index (κ3) is 7.43. The summed E-state index contributed by atoms with van der Waals surface area (Å²) in [4.78, 5) is 40.4. The van der Waals surface area contributed by atoms with E-state index < -0.39 is 42.3 Å². The highest BCUT2D eigenvalue weighted by Gasteiger charge is 2.33. The molecule has 2 N–H and O–H groups in total. The second-order valence-electron chi connectivity index (χ2n) is 4.11. The van der Waals surface area contributed by atoms with Gasteiger partial charge in [-0.15, -0.1) is 0 Å². The molecule has 0 aromatic rings. The van der Waals surface area contributed by atoms with E-state index in [4.69, 9.17) is 9.63 Å². The van der Waals surface area contributed by atoms with E-state index in [0.717, 1.165) is 0 Å². The van der Waals surface area contributed by atoms with Gasteiger partial charge in [-0.05, 0) is 6.92 Å². The maximum Gasteiger partial charge on any atom is 0.280 e. The lowest BCUT2D eigenvalue weighted by atomic mass is 10.1. The highest BCUT2D eigenvalue weighted by atomic mass is 31.3. The second kappa shape index (κ2) is 6.84. The summed E-state index contributed by atoms with van der Waals surface area (Å²) in [5.74, 6) is 0. The molecule has 0 amide bonds. The zero-order valence-corrected chi connectivity index (χ0v) is 13.1. The Morgan fingerprint density at radius 2 is 1.76 bits per heavy atom. The van der Waals surface area contributed by atoms with Crippen molar-refractivity contribution in [2.45, 2.75) is 31.7 Å². The Bertz CT molecular complexity index is 499. The number of aliphatic hydroxyl groups is 1. The standard InChI is InChI=1S/C6H15O12P3/c1-4-2-5(7)6(16-4)3-15-20(11,12)18-21(13,14)17-19(8,9)10/h4-7H,2-3H2,1H3,(H,11,12)(H,13,14)(H2,8,9,10)/p-3/t4-,5+,6+/m0/s1. The summed E-state index contributed by atoms with van der Waals surface area (Å²) >= 11 is 0. The predicted octanol–water partition coefficient (Wildman–Crippen LogP) is -2.03. The van der Waals surface area contributed by atoms with Crippen LogP contribution >= 0.6 is 23.5 Å². The first kappa shape index (κ1) is 19.4. The molecule has 1 fully saturated rings. The van der Waals surface area contributed by atoms with Crippen molar-refractivity contribution < 1.29 is 56.3 Å². The van der Waals surface area contributed by atoms with Crippen molar-refractivity contribution in [3.05, 3.63) is 0 Å². The molecule has 0 radical (unpaired) electrons. The first-order chi connectivity index (χ1) is 9.30. The van der Waals surface area contributed by atoms with Crippen LogP contribution in [-0.2, 0) is 31.6 Å². The van der Waals surface area contributed by atoms with Crippen molar-refractivity contribution >= 4 is 23.5 Å². The minimum absolute atomic E-state index is 0.227. The van der Waals surface area contributed by atoms with E-state index in [9.17, 15) is 33.5 Å². The van der Waals surface area contributed by atoms with Crippen LogP contribution in [0.3, 0.4) is 0 Å². The van der Waals surface area contributed by atoms with Crippen LogP contribution in [0.4, 0.5) is 0 Å². The van der Waals surface area contributed by atoms with Gasteiger partial charge in [0.15, 0.2) is 0 Å². The lowest BCUT2D eigenvalue weighted by molar-refractivity contribution is -0.250. The van der Waals surface area contributed by atoms with Crippen molar-refractivity contribution in [3.63, 3.8) is 0 Å². The van der Waals surface area contributed by atoms with Crippen LogP contribution in [-0.4, -0.2) is 34.9 Å². The highest BCUT2D eigenvalue weighted by molar-refractivity contribution is 7.65. The van der Waals surface area contributed by atoms with E-state index in [1.54, 1.807) is 6.92 Å². The third-order valence-corrected chi connectivity index (χ3v) is 5.90. The van der Waals surface area contributed by atoms with Crippen LogP contribution in [0.1, 0.15) is 13.3 Å². The lowest BCUT2D eigenvalue weighted by Crippen LogP contribution is -2.27. The van der Waals surface area contributed by atoms with Crippen LogP contribution in [0.15, 0.2) is 0 Å². The molecule has 0 aliphatic carbocycles. The number of hydrogen-bond donors (Lipinski definition) is 2. The first-order valence-electron chi connectivity index (χ1n) is 5.36. The molecular formula is C6H12O12P3-3. The number of ether oxygens (including phenoxy) is 1. The summed E-state index contributed by atoms with van der Waals surface area (Å²) in [6.07, 6.45) is -2.17. The Labute approximate surface area is 119 Å². The van der Waals surface area contributed by atoms with Gasteiger partial charge in [0.1, 0.15) is 6.10 Å². The van der Waals surface area contributed by atoms with E-state index in [-0.39, 0.29) is 12.5 Å². The van der Waals surface area contributed by atoms with Gasteiger partial charge in [0.05, 0.1) is 18.8 Å². The van der Waals surface area contributed by atoms with Crippen molar-refractivity contribution in [3.8, 4) is 0 Å². The topological polar surface area (TPSA) is 198 Å². The summed E-state index contributed by atoms with van der Waals surface area (Å²) in [6.45, 7) is 0.865. The molecular weight excluding hydrogens is 357 g/mol. The maximum absolute atomic E-state index is 11.2. The molecule has 6 atom stereocenters. The van der Waals surface area contributed by atoms with E-state index in [1.807, 2.05) is 0 Å². The van der Waals surface area contributed by atoms with Gasteiger partial charge in [-0.1, -0.05) is 0 Å². The highest BCUT2D eigenvalue weighted by Crippen LogP contribution is 2.61. The maximum atomic E-state index is 11.2. The van der Waals surface area contributed by atoms with Crippen LogP contribution in [0.25, 0.3) is 0 Å². The molecule has 15 heteroatoms. The molecule has 126 valence electrons. The van der Waals surface area contributed by atoms with Crippen LogP contribution < -0.4 is 14.7 Å². The number of aliphatic hydroxyl groups excluding tert-OH is 1. The average molecular weight is 369 g/mol. The number of phosphoric ester groups is 1. The van der Waals surface area contributed by atoms with Gasteiger partial charge in [-0.3, -0.25) is 13.7 Å². The van der Waals surface area contributed by atoms with E-state index in [1.165, 1.54) is 0 Å². The molecule has 21 heavy (non-hydrogen) atoms. The summed E-state index contributed by atoms with van der Waals surface area (Å²) in [5, 5.41) is 9.45. The van der Waals surface area contributed by atoms with Gasteiger partial charge >= 0.3 is 0 Å². The third-order valence-electron chi connectivity index (χ3n) is 2.21. The van der Waals surface area contributed by atoms with E-state index in [2.05, 4.69) is 13.1 Å². The molecule has 3 unspecified atom stereocenters. The fourth-order valence-corrected chi connectivity index (χ4v) is 4.44. The van der Waals surface area contributed by atoms with Gasteiger partial charge in [-0.2, -0.15) is 0 Å². The van der Waals surface area contributed by atoms with E-state index >= 15 is 0 Å². The molecule has 0 aromatic heterocycles. The largest absolute Gasteiger partial charge is 0.756 e. The molecule has 1 saturated heterocycles. The first-order valence-corrected chi connectivity index (χ1v) is 9.78. The van der Waals surface area contributed by atoms with Crippen LogP contribution in [0.5, 0.6) is 0 Å². The quantitative estimate of drug-likeness (QED) is 0.467. The molecule has 0 aromatic carbocycles. The van der Waals surface area contributed by atoms with Crippen molar-refractivity contribution in [2.75, 3.05) is 6.61 Å². The zero-order chi connectivity index (χ0) is 16.5. The van der Waals surface area contributed by atoms with Gasteiger partial charge < -0.3 is 33.9 Å². The second-order valence-corrected chi connectivity index (χ2v) is 8.40. The Kier molecular flexibility index (Phi) is 6.31. The van der Waals surface area contributed by atoms with Crippen LogP contribution in [0.2, 0.25) is 0 Å². The van der Waals surface area contributed by atoms with Gasteiger partial charge in [0, 0.05) is 6.42 Å². The number of rotatable bonds is 7. The monoisotopic (exact) mass is 369 g/mol. The van der Waals surface area contributed by atoms with Crippen LogP contribution in [0, 0.1) is 0 Å². The molecule has 1 rings (SSSR count). The number of hydrogen-bond acceptors (Lipinski definition) is 11. The predicted molar refractivity (Wildman–Crippen MR) is 58.1 cm³/mol. The number of phosphoric acid groups is 3. The minimum Gasteiger partial charge on any atom is -0.756 e. The fraction of sp³-hybridized carbons (Fsp3) is 1.00. The fourth-order valence-electron chi connectivity index (χ4n) is 1.54. The molecule has 0 saturated carbocycles. The lowest BCUT2D eigenvalue weighted by Gasteiger charge is -2.33. The Balaban J connectivity index is 2.56. The zero-order valence-electron chi connectivity index (χ0n) is 10.5.